The fraction of sp³-hybridized carbons (Fsp3) is 0.647. The highest BCUT2D eigenvalue weighted by Gasteiger charge is 2.33. The SMILES string of the molecule is CCN1CCN(C(C)(CN)Cc2ccccc2OC)CC1. The van der Waals surface area contributed by atoms with Crippen LogP contribution < -0.4 is 10.5 Å². The van der Waals surface area contributed by atoms with Gasteiger partial charge in [0, 0.05) is 38.3 Å². The normalized spacial score (nSPS) is 20.2. The highest BCUT2D eigenvalue weighted by atomic mass is 16.5. The number of para-hydroxylation sites is 1. The number of ether oxygens (including phenoxy) is 1. The monoisotopic (exact) mass is 291 g/mol. The first-order chi connectivity index (χ1) is 10.1. The molecule has 0 aromatic heterocycles. The van der Waals surface area contributed by atoms with Gasteiger partial charge in [0.2, 0.25) is 0 Å². The largest absolute Gasteiger partial charge is 0.496 e. The first-order valence-electron chi connectivity index (χ1n) is 7.92. The predicted octanol–water partition coefficient (Wildman–Crippen LogP) is 1.59. The summed E-state index contributed by atoms with van der Waals surface area (Å²) in [5.41, 5.74) is 7.38. The van der Waals surface area contributed by atoms with Crippen molar-refractivity contribution in [1.29, 1.82) is 0 Å². The average Bonchev–Trinajstić information content (AvgIpc) is 2.55. The first-order valence-corrected chi connectivity index (χ1v) is 7.92. The molecule has 1 aliphatic heterocycles. The smallest absolute Gasteiger partial charge is 0.122 e. The van der Waals surface area contributed by atoms with Crippen molar-refractivity contribution in [2.75, 3.05) is 46.4 Å². The van der Waals surface area contributed by atoms with Crippen LogP contribution in [0.15, 0.2) is 24.3 Å². The van der Waals surface area contributed by atoms with Crippen molar-refractivity contribution in [2.24, 2.45) is 5.73 Å². The lowest BCUT2D eigenvalue weighted by atomic mass is 9.89. The van der Waals surface area contributed by atoms with Crippen LogP contribution in [0.4, 0.5) is 0 Å². The predicted molar refractivity (Wildman–Crippen MR) is 87.8 cm³/mol. The number of hydrogen-bond donors (Lipinski definition) is 1. The van der Waals surface area contributed by atoms with Gasteiger partial charge in [-0.2, -0.15) is 0 Å². The lowest BCUT2D eigenvalue weighted by molar-refractivity contribution is 0.0482. The number of benzene rings is 1. The second-order valence-corrected chi connectivity index (χ2v) is 6.11. The summed E-state index contributed by atoms with van der Waals surface area (Å²) in [5, 5.41) is 0. The molecule has 1 atom stereocenters. The third-order valence-electron chi connectivity index (χ3n) is 4.79. The van der Waals surface area contributed by atoms with Crippen molar-refractivity contribution in [3.63, 3.8) is 0 Å². The van der Waals surface area contributed by atoms with Crippen molar-refractivity contribution in [1.82, 2.24) is 9.80 Å². The van der Waals surface area contributed by atoms with Gasteiger partial charge in [0.05, 0.1) is 7.11 Å². The standard InChI is InChI=1S/C17H29N3O/c1-4-19-9-11-20(12-10-19)17(2,14-18)13-15-7-5-6-8-16(15)21-3/h5-8H,4,9-14,18H2,1-3H3. The van der Waals surface area contributed by atoms with Crippen molar-refractivity contribution in [2.45, 2.75) is 25.8 Å². The number of rotatable bonds is 6. The first kappa shape index (κ1) is 16.3. The number of methoxy groups -OCH3 is 1. The molecule has 2 N–H and O–H groups in total. The molecule has 2 rings (SSSR count). The number of nitrogens with two attached hydrogens (primary N) is 1. The summed E-state index contributed by atoms with van der Waals surface area (Å²) in [6.45, 7) is 10.8. The molecule has 4 heteroatoms. The molecule has 0 radical (unpaired) electrons. The van der Waals surface area contributed by atoms with Crippen LogP contribution in [-0.2, 0) is 6.42 Å². The van der Waals surface area contributed by atoms with Gasteiger partial charge in [0.15, 0.2) is 0 Å². The Hall–Kier alpha value is -1.10. The van der Waals surface area contributed by atoms with E-state index in [-0.39, 0.29) is 5.54 Å². The summed E-state index contributed by atoms with van der Waals surface area (Å²) in [4.78, 5) is 5.04. The van der Waals surface area contributed by atoms with Crippen LogP contribution >= 0.6 is 0 Å². The Labute approximate surface area is 128 Å². The third-order valence-corrected chi connectivity index (χ3v) is 4.79. The quantitative estimate of drug-likeness (QED) is 0.864. The molecule has 0 amide bonds. The van der Waals surface area contributed by atoms with Gasteiger partial charge in [-0.25, -0.2) is 0 Å². The third kappa shape index (κ3) is 3.76. The molecule has 1 aliphatic rings. The van der Waals surface area contributed by atoms with Gasteiger partial charge in [0.1, 0.15) is 5.75 Å². The van der Waals surface area contributed by atoms with Gasteiger partial charge in [-0.3, -0.25) is 4.90 Å². The van der Waals surface area contributed by atoms with Crippen LogP contribution in [0, 0.1) is 0 Å². The lowest BCUT2D eigenvalue weighted by Crippen LogP contribution is -2.59. The van der Waals surface area contributed by atoms with Crippen LogP contribution in [0.25, 0.3) is 0 Å². The maximum Gasteiger partial charge on any atom is 0.122 e. The van der Waals surface area contributed by atoms with Crippen molar-refractivity contribution >= 4 is 0 Å². The molecule has 1 heterocycles. The van der Waals surface area contributed by atoms with E-state index in [0.29, 0.717) is 6.54 Å². The van der Waals surface area contributed by atoms with Crippen LogP contribution in [0.3, 0.4) is 0 Å². The van der Waals surface area contributed by atoms with E-state index in [1.54, 1.807) is 7.11 Å². The molecule has 1 saturated heterocycles. The summed E-state index contributed by atoms with van der Waals surface area (Å²) in [5.74, 6) is 0.962. The molecular formula is C17H29N3O. The van der Waals surface area contributed by atoms with E-state index >= 15 is 0 Å². The Morgan fingerprint density at radius 3 is 2.43 bits per heavy atom. The van der Waals surface area contributed by atoms with Crippen LogP contribution in [0.1, 0.15) is 19.4 Å². The summed E-state index contributed by atoms with van der Waals surface area (Å²) in [7, 11) is 1.73. The second-order valence-electron chi connectivity index (χ2n) is 6.11. The van der Waals surface area contributed by atoms with E-state index in [4.69, 9.17) is 10.5 Å². The Balaban J connectivity index is 2.10. The fourth-order valence-corrected chi connectivity index (χ4v) is 3.18. The average molecular weight is 291 g/mol. The number of hydrogen-bond acceptors (Lipinski definition) is 4. The molecule has 21 heavy (non-hydrogen) atoms. The Morgan fingerprint density at radius 2 is 1.86 bits per heavy atom. The van der Waals surface area contributed by atoms with Crippen molar-refractivity contribution in [3.8, 4) is 5.75 Å². The highest BCUT2D eigenvalue weighted by molar-refractivity contribution is 5.34. The van der Waals surface area contributed by atoms with E-state index in [1.165, 1.54) is 5.56 Å². The zero-order chi connectivity index (χ0) is 15.3. The van der Waals surface area contributed by atoms with E-state index in [1.807, 2.05) is 12.1 Å². The molecule has 118 valence electrons. The zero-order valence-electron chi connectivity index (χ0n) is 13.6. The maximum atomic E-state index is 6.15. The van der Waals surface area contributed by atoms with Gasteiger partial charge >= 0.3 is 0 Å². The maximum absolute atomic E-state index is 6.15. The molecule has 1 aromatic carbocycles. The van der Waals surface area contributed by atoms with Crippen molar-refractivity contribution < 1.29 is 4.74 Å². The molecule has 4 nitrogen and oxygen atoms in total. The van der Waals surface area contributed by atoms with Gasteiger partial charge in [-0.15, -0.1) is 0 Å². The van der Waals surface area contributed by atoms with E-state index in [2.05, 4.69) is 35.8 Å². The Bertz CT molecular complexity index is 443. The van der Waals surface area contributed by atoms with E-state index < -0.39 is 0 Å². The van der Waals surface area contributed by atoms with Crippen LogP contribution in [-0.4, -0.2) is 61.7 Å². The lowest BCUT2D eigenvalue weighted by Gasteiger charge is -2.45. The number of piperazine rings is 1. The summed E-state index contributed by atoms with van der Waals surface area (Å²) < 4.78 is 5.49. The van der Waals surface area contributed by atoms with Crippen LogP contribution in [0.5, 0.6) is 5.75 Å². The Morgan fingerprint density at radius 1 is 1.19 bits per heavy atom. The minimum absolute atomic E-state index is 0.00549. The van der Waals surface area contributed by atoms with Gasteiger partial charge in [-0.1, -0.05) is 25.1 Å². The van der Waals surface area contributed by atoms with E-state index in [0.717, 1.165) is 44.9 Å². The van der Waals surface area contributed by atoms with Crippen LogP contribution in [0.2, 0.25) is 0 Å². The molecular weight excluding hydrogens is 262 g/mol. The number of nitrogens with zero attached hydrogens (tertiary/aromatic N) is 2. The van der Waals surface area contributed by atoms with Gasteiger partial charge < -0.3 is 15.4 Å². The molecule has 0 saturated carbocycles. The summed E-state index contributed by atoms with van der Waals surface area (Å²) in [6, 6.07) is 8.27. The van der Waals surface area contributed by atoms with Gasteiger partial charge in [-0.05, 0) is 31.5 Å². The fourth-order valence-electron chi connectivity index (χ4n) is 3.18. The molecule has 1 fully saturated rings. The topological polar surface area (TPSA) is 41.7 Å². The Kier molecular flexibility index (Phi) is 5.62. The van der Waals surface area contributed by atoms with Crippen molar-refractivity contribution in [3.05, 3.63) is 29.8 Å². The molecule has 1 aromatic rings. The summed E-state index contributed by atoms with van der Waals surface area (Å²) >= 11 is 0. The highest BCUT2D eigenvalue weighted by Crippen LogP contribution is 2.27. The minimum Gasteiger partial charge on any atom is -0.496 e. The molecule has 0 bridgehead atoms. The second kappa shape index (κ2) is 7.25. The number of likely N-dealkylation sites (N-methyl/N-ethyl adjacent to an activating group) is 1. The van der Waals surface area contributed by atoms with E-state index in [9.17, 15) is 0 Å². The molecule has 1 unspecified atom stereocenters. The molecule has 0 spiro atoms. The summed E-state index contributed by atoms with van der Waals surface area (Å²) in [6.07, 6.45) is 0.930. The minimum atomic E-state index is -0.00549. The van der Waals surface area contributed by atoms with Gasteiger partial charge in [0.25, 0.3) is 0 Å². The zero-order valence-corrected chi connectivity index (χ0v) is 13.6. The molecule has 0 aliphatic carbocycles.